The molecule has 2 heterocycles. The number of hydrogen-bond donors (Lipinski definition) is 0. The molecule has 0 N–H and O–H groups in total. The smallest absolute Gasteiger partial charge is 0.294 e. The van der Waals surface area contributed by atoms with Crippen LogP contribution in [0.15, 0.2) is 67.1 Å². The Morgan fingerprint density at radius 3 is 2.30 bits per heavy atom. The number of nitrogens with zero attached hydrogens (tertiary/aromatic N) is 3. The second-order valence-electron chi connectivity index (χ2n) is 9.18. The Morgan fingerprint density at radius 1 is 0.875 bits per heavy atom. The van der Waals surface area contributed by atoms with Crippen LogP contribution < -0.4 is 0 Å². The van der Waals surface area contributed by atoms with Crippen LogP contribution >= 0.6 is 0 Å². The summed E-state index contributed by atoms with van der Waals surface area (Å²) >= 11 is 0. The number of alkyl halides is 6. The topological polar surface area (TPSA) is 55.7 Å². The minimum Gasteiger partial charge on any atom is -0.294 e. The number of pyridine rings is 1. The van der Waals surface area contributed by atoms with Crippen LogP contribution in [0.3, 0.4) is 0 Å². The number of carbonyl (C=O) groups excluding carboxylic acids is 1. The monoisotopic (exact) mass is 557 g/mol. The van der Waals surface area contributed by atoms with E-state index in [2.05, 4.69) is 15.0 Å². The number of benzene rings is 2. The van der Waals surface area contributed by atoms with E-state index in [0.29, 0.717) is 35.5 Å². The molecule has 0 saturated heterocycles. The van der Waals surface area contributed by atoms with Gasteiger partial charge in [0.2, 0.25) is 0 Å². The van der Waals surface area contributed by atoms with E-state index in [1.165, 1.54) is 18.5 Å². The third-order valence-electron chi connectivity index (χ3n) is 6.45. The minimum atomic E-state index is -5.11. The van der Waals surface area contributed by atoms with Crippen molar-refractivity contribution < 1.29 is 35.5 Å². The third-order valence-corrected chi connectivity index (χ3v) is 6.45. The van der Waals surface area contributed by atoms with Gasteiger partial charge in [-0.15, -0.1) is 0 Å². The molecule has 0 aliphatic heterocycles. The molecule has 0 radical (unpaired) electrons. The van der Waals surface area contributed by atoms with Gasteiger partial charge in [0.15, 0.2) is 5.78 Å². The number of ketones is 1. The molecular formula is C29H18F7N3O. The number of rotatable bonds is 6. The summed E-state index contributed by atoms with van der Waals surface area (Å²) in [6, 6.07) is 8.11. The summed E-state index contributed by atoms with van der Waals surface area (Å²) in [7, 11) is 0. The number of fused-ring (bicyclic) bond motifs is 1. The van der Waals surface area contributed by atoms with Crippen molar-refractivity contribution in [2.24, 2.45) is 0 Å². The Morgan fingerprint density at radius 2 is 1.60 bits per heavy atom. The molecule has 1 aliphatic rings. The van der Waals surface area contributed by atoms with Crippen molar-refractivity contribution >= 4 is 11.9 Å². The molecule has 0 bridgehead atoms. The lowest BCUT2D eigenvalue weighted by atomic mass is 9.95. The van der Waals surface area contributed by atoms with Gasteiger partial charge in [-0.3, -0.25) is 9.78 Å². The lowest BCUT2D eigenvalue weighted by Gasteiger charge is -2.14. The predicted octanol–water partition coefficient (Wildman–Crippen LogP) is 7.30. The highest BCUT2D eigenvalue weighted by molar-refractivity contribution is 5.98. The summed E-state index contributed by atoms with van der Waals surface area (Å²) in [5, 5.41) is 0. The van der Waals surface area contributed by atoms with E-state index in [4.69, 9.17) is 0 Å². The molecule has 0 amide bonds. The van der Waals surface area contributed by atoms with Crippen molar-refractivity contribution in [2.75, 3.05) is 0 Å². The van der Waals surface area contributed by atoms with E-state index < -0.39 is 47.1 Å². The van der Waals surface area contributed by atoms with Gasteiger partial charge in [-0.2, -0.15) is 26.3 Å². The second-order valence-corrected chi connectivity index (χ2v) is 9.18. The molecule has 1 aliphatic carbocycles. The molecular weight excluding hydrogens is 539 g/mol. The number of aromatic nitrogens is 3. The Bertz CT molecular complexity index is 1610. The number of halogens is 7. The standard InChI is InChI=1S/C29H18F7N3O/c30-23-7-6-16(10-25-22(4-2-8-37-25)27-21-3-1-5-24(21)38-15-39-27)9-17(23)13-26(40)18-11-19(28(31,32)33)14-20(12-18)29(34,35)36/h1-4,6-9,11-12,14-15H,5,10,13H2. The summed E-state index contributed by atoms with van der Waals surface area (Å²) in [6.07, 6.45) is -3.17. The molecule has 2 aromatic heterocycles. The zero-order valence-electron chi connectivity index (χ0n) is 20.4. The van der Waals surface area contributed by atoms with Crippen molar-refractivity contribution in [3.63, 3.8) is 0 Å². The van der Waals surface area contributed by atoms with E-state index in [9.17, 15) is 35.5 Å². The molecule has 4 nitrogen and oxygen atoms in total. The highest BCUT2D eigenvalue weighted by Gasteiger charge is 2.37. The zero-order chi connectivity index (χ0) is 28.7. The van der Waals surface area contributed by atoms with Gasteiger partial charge < -0.3 is 0 Å². The van der Waals surface area contributed by atoms with Gasteiger partial charge in [-0.25, -0.2) is 14.4 Å². The van der Waals surface area contributed by atoms with Crippen LogP contribution in [0.2, 0.25) is 0 Å². The lowest BCUT2D eigenvalue weighted by molar-refractivity contribution is -0.143. The maximum atomic E-state index is 14.7. The molecule has 4 aromatic rings. The van der Waals surface area contributed by atoms with Crippen LogP contribution in [0, 0.1) is 5.82 Å². The number of hydrogen-bond acceptors (Lipinski definition) is 4. The molecule has 0 unspecified atom stereocenters. The van der Waals surface area contributed by atoms with Gasteiger partial charge in [-0.05, 0) is 47.5 Å². The van der Waals surface area contributed by atoms with Crippen LogP contribution in [0.4, 0.5) is 30.7 Å². The number of Topliss-reactive ketones (excluding diaryl/α,β-unsaturated/α-hetero) is 1. The first-order valence-electron chi connectivity index (χ1n) is 11.9. The fourth-order valence-electron chi connectivity index (χ4n) is 4.53. The Labute approximate surface area is 223 Å². The van der Waals surface area contributed by atoms with Crippen molar-refractivity contribution in [1.82, 2.24) is 15.0 Å². The van der Waals surface area contributed by atoms with Crippen molar-refractivity contribution in [3.8, 4) is 11.3 Å². The van der Waals surface area contributed by atoms with E-state index in [1.54, 1.807) is 12.3 Å². The number of carbonyl (C=O) groups is 1. The van der Waals surface area contributed by atoms with Crippen molar-refractivity contribution in [3.05, 3.63) is 118 Å². The Hall–Kier alpha value is -4.41. The fourth-order valence-corrected chi connectivity index (χ4v) is 4.53. The highest BCUT2D eigenvalue weighted by atomic mass is 19.4. The van der Waals surface area contributed by atoms with Gasteiger partial charge in [0, 0.05) is 42.1 Å². The molecule has 2 aromatic carbocycles. The molecule has 5 rings (SSSR count). The van der Waals surface area contributed by atoms with E-state index in [1.807, 2.05) is 18.2 Å². The van der Waals surface area contributed by atoms with Crippen molar-refractivity contribution in [1.29, 1.82) is 0 Å². The first-order valence-corrected chi connectivity index (χ1v) is 11.9. The summed E-state index contributed by atoms with van der Waals surface area (Å²) in [5.41, 5.74) is 0.0317. The van der Waals surface area contributed by atoms with Crippen LogP contribution in [-0.4, -0.2) is 20.7 Å². The SMILES string of the molecule is O=C(Cc1cc(Cc2ncccc2-c2ncnc3c2C=CC3)ccc1F)c1cc(C(F)(F)F)cc(C(F)(F)F)c1. The molecule has 0 fully saturated rings. The predicted molar refractivity (Wildman–Crippen MR) is 132 cm³/mol. The second kappa shape index (κ2) is 10.3. The Kier molecular flexibility index (Phi) is 6.99. The Balaban J connectivity index is 1.45. The lowest BCUT2D eigenvalue weighted by Crippen LogP contribution is -2.14. The van der Waals surface area contributed by atoms with Gasteiger partial charge >= 0.3 is 12.4 Å². The fraction of sp³-hybridized carbons (Fsp3) is 0.172. The quantitative estimate of drug-likeness (QED) is 0.184. The summed E-state index contributed by atoms with van der Waals surface area (Å²) in [5.74, 6) is -1.91. The first-order chi connectivity index (χ1) is 18.9. The maximum absolute atomic E-state index is 14.7. The molecule has 40 heavy (non-hydrogen) atoms. The van der Waals surface area contributed by atoms with Crippen LogP contribution in [-0.2, 0) is 31.6 Å². The maximum Gasteiger partial charge on any atom is 0.416 e. The van der Waals surface area contributed by atoms with Crippen LogP contribution in [0.25, 0.3) is 17.3 Å². The van der Waals surface area contributed by atoms with Crippen LogP contribution in [0.5, 0.6) is 0 Å². The van der Waals surface area contributed by atoms with Gasteiger partial charge in [-0.1, -0.05) is 24.3 Å². The average Bonchev–Trinajstić information content (AvgIpc) is 3.39. The largest absolute Gasteiger partial charge is 0.416 e. The zero-order valence-corrected chi connectivity index (χ0v) is 20.4. The van der Waals surface area contributed by atoms with Gasteiger partial charge in [0.1, 0.15) is 12.1 Å². The molecule has 0 spiro atoms. The molecule has 0 saturated carbocycles. The highest BCUT2D eigenvalue weighted by Crippen LogP contribution is 2.37. The van der Waals surface area contributed by atoms with E-state index in [-0.39, 0.29) is 18.1 Å². The molecule has 0 atom stereocenters. The number of allylic oxidation sites excluding steroid dienone is 1. The summed E-state index contributed by atoms with van der Waals surface area (Å²) in [6.45, 7) is 0. The van der Waals surface area contributed by atoms with Gasteiger partial charge in [0.05, 0.1) is 28.2 Å². The first kappa shape index (κ1) is 27.2. The van der Waals surface area contributed by atoms with Crippen LogP contribution in [0.1, 0.15) is 49.6 Å². The van der Waals surface area contributed by atoms with E-state index in [0.717, 1.165) is 22.9 Å². The molecule has 204 valence electrons. The van der Waals surface area contributed by atoms with Gasteiger partial charge in [0.25, 0.3) is 0 Å². The molecule has 11 heteroatoms. The van der Waals surface area contributed by atoms with E-state index >= 15 is 0 Å². The normalized spacial score (nSPS) is 13.0. The minimum absolute atomic E-state index is 0.0642. The summed E-state index contributed by atoms with van der Waals surface area (Å²) < 4.78 is 94.0. The third kappa shape index (κ3) is 5.63. The summed E-state index contributed by atoms with van der Waals surface area (Å²) in [4.78, 5) is 25.9. The average molecular weight is 557 g/mol. The van der Waals surface area contributed by atoms with Crippen molar-refractivity contribution in [2.45, 2.75) is 31.6 Å².